The van der Waals surface area contributed by atoms with Crippen LogP contribution in [0.3, 0.4) is 0 Å². The molecular formula is C27H20ClN3O2S. The maximum Gasteiger partial charge on any atom is 0.273 e. The van der Waals surface area contributed by atoms with E-state index in [4.69, 9.17) is 11.6 Å². The number of carbonyl (C=O) groups is 1. The van der Waals surface area contributed by atoms with Gasteiger partial charge in [-0.15, -0.1) is 11.3 Å². The SMILES string of the molecule is Cc1ccc(NC(=O)C(C#N)=c2sc(=Cc3ccccc3Cl)c(=O)n2-c2ccccc2)cc1C. The van der Waals surface area contributed by atoms with Crippen LogP contribution in [0.25, 0.3) is 17.3 Å². The zero-order valence-electron chi connectivity index (χ0n) is 18.5. The van der Waals surface area contributed by atoms with E-state index in [1.807, 2.05) is 44.2 Å². The van der Waals surface area contributed by atoms with Gasteiger partial charge in [0.05, 0.1) is 10.2 Å². The highest BCUT2D eigenvalue weighted by Gasteiger charge is 2.17. The molecule has 0 aliphatic rings. The topological polar surface area (TPSA) is 74.9 Å². The predicted molar refractivity (Wildman–Crippen MR) is 138 cm³/mol. The molecule has 0 unspecified atom stereocenters. The third kappa shape index (κ3) is 4.72. The second kappa shape index (κ2) is 9.92. The summed E-state index contributed by atoms with van der Waals surface area (Å²) < 4.78 is 2.00. The summed E-state index contributed by atoms with van der Waals surface area (Å²) in [6, 6.07) is 23.6. The van der Waals surface area contributed by atoms with Crippen LogP contribution >= 0.6 is 22.9 Å². The van der Waals surface area contributed by atoms with Crippen molar-refractivity contribution in [2.45, 2.75) is 13.8 Å². The second-order valence-electron chi connectivity index (χ2n) is 7.65. The summed E-state index contributed by atoms with van der Waals surface area (Å²) >= 11 is 7.36. The molecule has 0 fully saturated rings. The van der Waals surface area contributed by atoms with Crippen molar-refractivity contribution < 1.29 is 4.79 Å². The molecule has 1 N–H and O–H groups in total. The first-order chi connectivity index (χ1) is 16.4. The number of benzene rings is 3. The quantitative estimate of drug-likeness (QED) is 0.468. The van der Waals surface area contributed by atoms with Crippen LogP contribution in [0.1, 0.15) is 16.7 Å². The zero-order valence-corrected chi connectivity index (χ0v) is 20.1. The minimum Gasteiger partial charge on any atom is -0.321 e. The third-order valence-electron chi connectivity index (χ3n) is 5.35. The van der Waals surface area contributed by atoms with Crippen LogP contribution in [0.2, 0.25) is 5.02 Å². The maximum atomic E-state index is 13.4. The van der Waals surface area contributed by atoms with E-state index >= 15 is 0 Å². The number of thiazole rings is 1. The Balaban J connectivity index is 1.95. The molecule has 0 bridgehead atoms. The molecule has 0 radical (unpaired) electrons. The number of amides is 1. The van der Waals surface area contributed by atoms with E-state index < -0.39 is 5.91 Å². The number of nitrogens with one attached hydrogen (secondary N) is 1. The van der Waals surface area contributed by atoms with Crippen molar-refractivity contribution in [3.8, 4) is 11.8 Å². The summed E-state index contributed by atoms with van der Waals surface area (Å²) in [6.45, 7) is 3.93. The van der Waals surface area contributed by atoms with Crippen molar-refractivity contribution in [1.82, 2.24) is 4.57 Å². The summed E-state index contributed by atoms with van der Waals surface area (Å²) in [4.78, 5) is 26.6. The highest BCUT2D eigenvalue weighted by atomic mass is 35.5. The van der Waals surface area contributed by atoms with E-state index in [-0.39, 0.29) is 15.8 Å². The van der Waals surface area contributed by atoms with Crippen LogP contribution in [0.15, 0.2) is 77.6 Å². The molecule has 4 aromatic rings. The molecule has 0 saturated heterocycles. The average molecular weight is 486 g/mol. The molecule has 1 aromatic heterocycles. The van der Waals surface area contributed by atoms with Gasteiger partial charge in [-0.3, -0.25) is 14.2 Å². The van der Waals surface area contributed by atoms with Crippen molar-refractivity contribution >= 4 is 46.2 Å². The number of nitrogens with zero attached hydrogens (tertiary/aromatic N) is 2. The van der Waals surface area contributed by atoms with Gasteiger partial charge in [-0.25, -0.2) is 0 Å². The van der Waals surface area contributed by atoms with Gasteiger partial charge in [0, 0.05) is 10.7 Å². The van der Waals surface area contributed by atoms with E-state index in [9.17, 15) is 14.9 Å². The lowest BCUT2D eigenvalue weighted by atomic mass is 10.1. The number of aryl methyl sites for hydroxylation is 2. The molecule has 5 nitrogen and oxygen atoms in total. The van der Waals surface area contributed by atoms with E-state index in [1.54, 1.807) is 54.6 Å². The molecule has 0 spiro atoms. The molecule has 0 aliphatic heterocycles. The van der Waals surface area contributed by atoms with Crippen LogP contribution in [-0.4, -0.2) is 10.5 Å². The number of halogens is 1. The molecule has 1 heterocycles. The monoisotopic (exact) mass is 485 g/mol. The van der Waals surface area contributed by atoms with Crippen LogP contribution in [0.4, 0.5) is 5.69 Å². The Morgan fingerprint density at radius 2 is 1.74 bits per heavy atom. The molecular weight excluding hydrogens is 466 g/mol. The number of para-hydroxylation sites is 1. The summed E-state index contributed by atoms with van der Waals surface area (Å²) in [5.74, 6) is -0.582. The lowest BCUT2D eigenvalue weighted by Gasteiger charge is -2.07. The summed E-state index contributed by atoms with van der Waals surface area (Å²) in [6.07, 6.45) is 1.68. The lowest BCUT2D eigenvalue weighted by Crippen LogP contribution is -2.32. The number of anilines is 1. The normalized spacial score (nSPS) is 12.2. The van der Waals surface area contributed by atoms with Gasteiger partial charge in [0.2, 0.25) is 0 Å². The molecule has 1 amide bonds. The number of carbonyl (C=O) groups excluding carboxylic acids is 1. The number of aromatic nitrogens is 1. The number of rotatable bonds is 4. The van der Waals surface area contributed by atoms with E-state index in [0.717, 1.165) is 22.5 Å². The molecule has 7 heteroatoms. The van der Waals surface area contributed by atoms with Crippen LogP contribution in [-0.2, 0) is 4.79 Å². The third-order valence-corrected chi connectivity index (χ3v) is 6.78. The van der Waals surface area contributed by atoms with Gasteiger partial charge in [-0.05, 0) is 66.9 Å². The smallest absolute Gasteiger partial charge is 0.273 e. The first kappa shape index (κ1) is 23.2. The second-order valence-corrected chi connectivity index (χ2v) is 9.09. The van der Waals surface area contributed by atoms with Crippen molar-refractivity contribution in [1.29, 1.82) is 5.26 Å². The minimum atomic E-state index is -0.582. The zero-order chi connectivity index (χ0) is 24.2. The Hall–Kier alpha value is -3.92. The highest BCUT2D eigenvalue weighted by Crippen LogP contribution is 2.16. The summed E-state index contributed by atoms with van der Waals surface area (Å²) in [5, 5.41) is 13.2. The number of hydrogen-bond acceptors (Lipinski definition) is 4. The van der Waals surface area contributed by atoms with Crippen LogP contribution in [0, 0.1) is 25.2 Å². The van der Waals surface area contributed by atoms with Gasteiger partial charge in [-0.1, -0.05) is 54.1 Å². The Bertz CT molecular complexity index is 1610. The van der Waals surface area contributed by atoms with Crippen LogP contribution in [0.5, 0.6) is 0 Å². The molecule has 34 heavy (non-hydrogen) atoms. The largest absolute Gasteiger partial charge is 0.321 e. The van der Waals surface area contributed by atoms with Crippen molar-refractivity contribution in [3.05, 3.63) is 114 Å². The summed E-state index contributed by atoms with van der Waals surface area (Å²) in [7, 11) is 0. The highest BCUT2D eigenvalue weighted by molar-refractivity contribution is 7.07. The molecule has 3 aromatic carbocycles. The van der Waals surface area contributed by atoms with Gasteiger partial charge in [0.25, 0.3) is 11.5 Å². The molecule has 0 aliphatic carbocycles. The van der Waals surface area contributed by atoms with Gasteiger partial charge in [-0.2, -0.15) is 5.26 Å². The van der Waals surface area contributed by atoms with Crippen LogP contribution < -0.4 is 20.1 Å². The Morgan fingerprint density at radius 1 is 1.03 bits per heavy atom. The Kier molecular flexibility index (Phi) is 6.78. The van der Waals surface area contributed by atoms with Gasteiger partial charge >= 0.3 is 0 Å². The molecule has 4 rings (SSSR count). The molecule has 168 valence electrons. The standard InChI is InChI=1S/C27H20ClN3O2S/c1-17-12-13-20(14-18(17)2)30-25(32)22(16-29)27-31(21-9-4-3-5-10-21)26(33)24(34-27)15-19-8-6-7-11-23(19)28/h3-15H,1-2H3,(H,30,32). The van der Waals surface area contributed by atoms with Crippen molar-refractivity contribution in [2.24, 2.45) is 0 Å². The summed E-state index contributed by atoms with van der Waals surface area (Å²) in [5.41, 5.74) is 3.44. The Morgan fingerprint density at radius 3 is 2.41 bits per heavy atom. The van der Waals surface area contributed by atoms with E-state index in [0.29, 0.717) is 26.5 Å². The fourth-order valence-corrected chi connectivity index (χ4v) is 4.69. The van der Waals surface area contributed by atoms with E-state index in [1.165, 1.54) is 4.57 Å². The van der Waals surface area contributed by atoms with Gasteiger partial charge in [0.15, 0.2) is 5.57 Å². The Labute approximate surface area is 205 Å². The fraction of sp³-hybridized carbons (Fsp3) is 0.0741. The predicted octanol–water partition coefficient (Wildman–Crippen LogP) is 4.31. The van der Waals surface area contributed by atoms with Gasteiger partial charge < -0.3 is 5.32 Å². The molecule has 0 saturated carbocycles. The average Bonchev–Trinajstić information content (AvgIpc) is 3.14. The minimum absolute atomic E-state index is 0.150. The number of hydrogen-bond donors (Lipinski definition) is 1. The maximum absolute atomic E-state index is 13.4. The molecule has 0 atom stereocenters. The van der Waals surface area contributed by atoms with Crippen molar-refractivity contribution in [3.63, 3.8) is 0 Å². The van der Waals surface area contributed by atoms with E-state index in [2.05, 4.69) is 5.32 Å². The lowest BCUT2D eigenvalue weighted by molar-refractivity contribution is -0.111. The fourth-order valence-electron chi connectivity index (χ4n) is 3.40. The van der Waals surface area contributed by atoms with Crippen molar-refractivity contribution in [2.75, 3.05) is 5.32 Å². The number of nitriles is 1. The first-order valence-corrected chi connectivity index (χ1v) is 11.6. The van der Waals surface area contributed by atoms with Gasteiger partial charge in [0.1, 0.15) is 10.7 Å². The first-order valence-electron chi connectivity index (χ1n) is 10.5.